The van der Waals surface area contributed by atoms with E-state index in [4.69, 9.17) is 0 Å². The second-order valence-electron chi connectivity index (χ2n) is 5.98. The van der Waals surface area contributed by atoms with Gasteiger partial charge in [-0.2, -0.15) is 13.2 Å². The van der Waals surface area contributed by atoms with E-state index >= 15 is 0 Å². The Kier molecular flexibility index (Phi) is 6.45. The zero-order chi connectivity index (χ0) is 16.7. The van der Waals surface area contributed by atoms with Crippen LogP contribution in [0.25, 0.3) is 0 Å². The first kappa shape index (κ1) is 17.8. The molecule has 1 saturated heterocycles. The lowest BCUT2D eigenvalue weighted by Crippen LogP contribution is -2.33. The van der Waals surface area contributed by atoms with E-state index in [0.717, 1.165) is 38.2 Å². The molecule has 0 unspecified atom stereocenters. The molecule has 1 aromatic carbocycles. The molecule has 1 heterocycles. The number of hydrogen-bond acceptors (Lipinski definition) is 2. The van der Waals surface area contributed by atoms with Gasteiger partial charge in [0.2, 0.25) is 5.91 Å². The molecular weight excluding hydrogens is 305 g/mol. The predicted octanol–water partition coefficient (Wildman–Crippen LogP) is 3.24. The van der Waals surface area contributed by atoms with Crippen molar-refractivity contribution < 1.29 is 18.0 Å². The lowest BCUT2D eigenvalue weighted by molar-refractivity contribution is -0.137. The summed E-state index contributed by atoms with van der Waals surface area (Å²) in [6, 6.07) is 4.74. The molecule has 0 spiro atoms. The van der Waals surface area contributed by atoms with E-state index in [1.807, 2.05) is 0 Å². The highest BCUT2D eigenvalue weighted by Gasteiger charge is 2.29. The van der Waals surface area contributed by atoms with Gasteiger partial charge in [0, 0.05) is 6.54 Å². The number of benzene rings is 1. The van der Waals surface area contributed by atoms with Gasteiger partial charge in [-0.3, -0.25) is 4.79 Å². The van der Waals surface area contributed by atoms with Gasteiger partial charge in [-0.05, 0) is 56.6 Å². The molecule has 1 aromatic rings. The molecule has 23 heavy (non-hydrogen) atoms. The maximum atomic E-state index is 12.5. The van der Waals surface area contributed by atoms with Crippen molar-refractivity contribution in [2.75, 3.05) is 26.2 Å². The summed E-state index contributed by atoms with van der Waals surface area (Å²) in [6.07, 6.45) is 0.483. The summed E-state index contributed by atoms with van der Waals surface area (Å²) in [5, 5.41) is 2.83. The molecule has 1 aliphatic heterocycles. The first-order valence-electron chi connectivity index (χ1n) is 8.10. The normalized spacial score (nSPS) is 16.3. The standard InChI is InChI=1S/C17H23F3N2O/c18-17(19,20)15-7-5-14(6-8-15)13-16(23)21-9-4-12-22-10-2-1-3-11-22/h5-8H,1-4,9-13H2,(H,21,23). The molecule has 6 heteroatoms. The molecule has 1 N–H and O–H groups in total. The molecular formula is C17H23F3N2O. The van der Waals surface area contributed by atoms with Crippen molar-refractivity contribution in [3.63, 3.8) is 0 Å². The van der Waals surface area contributed by atoms with E-state index in [-0.39, 0.29) is 12.3 Å². The van der Waals surface area contributed by atoms with Crippen molar-refractivity contribution in [2.45, 2.75) is 38.3 Å². The van der Waals surface area contributed by atoms with Crippen LogP contribution < -0.4 is 5.32 Å². The van der Waals surface area contributed by atoms with Gasteiger partial charge in [-0.15, -0.1) is 0 Å². The monoisotopic (exact) mass is 328 g/mol. The highest BCUT2D eigenvalue weighted by Crippen LogP contribution is 2.29. The van der Waals surface area contributed by atoms with Crippen LogP contribution >= 0.6 is 0 Å². The van der Waals surface area contributed by atoms with Crippen molar-refractivity contribution in [3.8, 4) is 0 Å². The smallest absolute Gasteiger partial charge is 0.356 e. The van der Waals surface area contributed by atoms with Crippen LogP contribution in [-0.2, 0) is 17.4 Å². The fraction of sp³-hybridized carbons (Fsp3) is 0.588. The average molecular weight is 328 g/mol. The Hall–Kier alpha value is -1.56. The summed E-state index contributed by atoms with van der Waals surface area (Å²) >= 11 is 0. The number of carbonyl (C=O) groups excluding carboxylic acids is 1. The number of rotatable bonds is 6. The number of hydrogen-bond donors (Lipinski definition) is 1. The summed E-state index contributed by atoms with van der Waals surface area (Å²) in [4.78, 5) is 14.2. The minimum absolute atomic E-state index is 0.113. The van der Waals surface area contributed by atoms with E-state index in [1.54, 1.807) is 0 Å². The van der Waals surface area contributed by atoms with Crippen LogP contribution in [0.4, 0.5) is 13.2 Å². The van der Waals surface area contributed by atoms with Gasteiger partial charge < -0.3 is 10.2 Å². The van der Waals surface area contributed by atoms with Gasteiger partial charge in [0.05, 0.1) is 12.0 Å². The third-order valence-corrected chi connectivity index (χ3v) is 4.07. The number of nitrogens with zero attached hydrogens (tertiary/aromatic N) is 1. The minimum Gasteiger partial charge on any atom is -0.356 e. The molecule has 1 aliphatic rings. The van der Waals surface area contributed by atoms with Crippen molar-refractivity contribution in [1.82, 2.24) is 10.2 Å². The van der Waals surface area contributed by atoms with E-state index < -0.39 is 11.7 Å². The lowest BCUT2D eigenvalue weighted by atomic mass is 10.1. The molecule has 0 bridgehead atoms. The summed E-state index contributed by atoms with van der Waals surface area (Å²) in [5.41, 5.74) is -0.102. The van der Waals surface area contributed by atoms with Crippen LogP contribution in [0.3, 0.4) is 0 Å². The van der Waals surface area contributed by atoms with E-state index in [1.165, 1.54) is 31.4 Å². The number of piperidine rings is 1. The van der Waals surface area contributed by atoms with E-state index in [0.29, 0.717) is 12.1 Å². The fourth-order valence-corrected chi connectivity index (χ4v) is 2.77. The fourth-order valence-electron chi connectivity index (χ4n) is 2.77. The van der Waals surface area contributed by atoms with Crippen molar-refractivity contribution in [3.05, 3.63) is 35.4 Å². The van der Waals surface area contributed by atoms with Crippen molar-refractivity contribution >= 4 is 5.91 Å². The predicted molar refractivity (Wildman–Crippen MR) is 83.1 cm³/mol. The quantitative estimate of drug-likeness (QED) is 0.813. The first-order chi connectivity index (χ1) is 10.9. The van der Waals surface area contributed by atoms with Crippen LogP contribution in [0, 0.1) is 0 Å². The number of likely N-dealkylation sites (tertiary alicyclic amines) is 1. The molecule has 128 valence electrons. The van der Waals surface area contributed by atoms with Crippen LogP contribution in [0.5, 0.6) is 0 Å². The van der Waals surface area contributed by atoms with Gasteiger partial charge in [-0.25, -0.2) is 0 Å². The number of halogens is 3. The highest BCUT2D eigenvalue weighted by atomic mass is 19.4. The van der Waals surface area contributed by atoms with Crippen LogP contribution in [0.15, 0.2) is 24.3 Å². The number of alkyl halides is 3. The maximum absolute atomic E-state index is 12.5. The number of carbonyl (C=O) groups is 1. The Bertz CT molecular complexity index is 494. The average Bonchev–Trinajstić information content (AvgIpc) is 2.52. The number of nitrogens with one attached hydrogen (secondary N) is 1. The molecule has 0 saturated carbocycles. The molecule has 0 aromatic heterocycles. The van der Waals surface area contributed by atoms with Gasteiger partial charge in [0.25, 0.3) is 0 Å². The van der Waals surface area contributed by atoms with Crippen LogP contribution in [-0.4, -0.2) is 37.0 Å². The summed E-state index contributed by atoms with van der Waals surface area (Å²) in [5.74, 6) is -0.150. The molecule has 1 amide bonds. The largest absolute Gasteiger partial charge is 0.416 e. The maximum Gasteiger partial charge on any atom is 0.416 e. The van der Waals surface area contributed by atoms with Gasteiger partial charge in [-0.1, -0.05) is 18.6 Å². The van der Waals surface area contributed by atoms with Gasteiger partial charge in [0.1, 0.15) is 0 Å². The van der Waals surface area contributed by atoms with Crippen LogP contribution in [0.1, 0.15) is 36.8 Å². The van der Waals surface area contributed by atoms with Gasteiger partial charge >= 0.3 is 6.18 Å². The Morgan fingerprint density at radius 2 is 1.74 bits per heavy atom. The van der Waals surface area contributed by atoms with E-state index in [2.05, 4.69) is 10.2 Å². The molecule has 3 nitrogen and oxygen atoms in total. The summed E-state index contributed by atoms with van der Waals surface area (Å²) in [7, 11) is 0. The Morgan fingerprint density at radius 1 is 1.09 bits per heavy atom. The topological polar surface area (TPSA) is 32.3 Å². The lowest BCUT2D eigenvalue weighted by Gasteiger charge is -2.26. The zero-order valence-electron chi connectivity index (χ0n) is 13.2. The van der Waals surface area contributed by atoms with Crippen molar-refractivity contribution in [1.29, 1.82) is 0 Å². The zero-order valence-corrected chi connectivity index (χ0v) is 13.2. The molecule has 2 rings (SSSR count). The number of amides is 1. The first-order valence-corrected chi connectivity index (χ1v) is 8.10. The molecule has 0 aliphatic carbocycles. The third kappa shape index (κ3) is 6.22. The SMILES string of the molecule is O=C(Cc1ccc(C(F)(F)F)cc1)NCCCN1CCCCC1. The van der Waals surface area contributed by atoms with Crippen molar-refractivity contribution in [2.24, 2.45) is 0 Å². The molecule has 0 atom stereocenters. The Morgan fingerprint density at radius 3 is 2.35 bits per heavy atom. The second-order valence-corrected chi connectivity index (χ2v) is 5.98. The second kappa shape index (κ2) is 8.34. The Balaban J connectivity index is 1.66. The van der Waals surface area contributed by atoms with Crippen LogP contribution in [0.2, 0.25) is 0 Å². The highest BCUT2D eigenvalue weighted by molar-refractivity contribution is 5.78. The van der Waals surface area contributed by atoms with E-state index in [9.17, 15) is 18.0 Å². The Labute approximate surface area is 134 Å². The summed E-state index contributed by atoms with van der Waals surface area (Å²) in [6.45, 7) is 3.87. The minimum atomic E-state index is -4.34. The molecule has 1 fully saturated rings. The molecule has 0 radical (unpaired) electrons. The summed E-state index contributed by atoms with van der Waals surface area (Å²) < 4.78 is 37.4. The van der Waals surface area contributed by atoms with Gasteiger partial charge in [0.15, 0.2) is 0 Å². The third-order valence-electron chi connectivity index (χ3n) is 4.07.